The Morgan fingerprint density at radius 1 is 0.636 bits per heavy atom. The van der Waals surface area contributed by atoms with Gasteiger partial charge in [0.25, 0.3) is 0 Å². The molecule has 0 bridgehead atoms. The molecule has 0 aliphatic heterocycles. The van der Waals surface area contributed by atoms with Gasteiger partial charge in [-0.05, 0) is 110 Å². The first-order valence-electron chi connectivity index (χ1n) is 14.2. The van der Waals surface area contributed by atoms with Gasteiger partial charge >= 0.3 is 0 Å². The Morgan fingerprint density at radius 2 is 1.09 bits per heavy atom. The lowest BCUT2D eigenvalue weighted by molar-refractivity contribution is -0.0116. The molecule has 2 heteroatoms. The smallest absolute Gasteiger partial charge is 0.0576 e. The van der Waals surface area contributed by atoms with Crippen LogP contribution in [0.4, 0.5) is 0 Å². The van der Waals surface area contributed by atoms with Gasteiger partial charge in [0.15, 0.2) is 0 Å². The summed E-state index contributed by atoms with van der Waals surface area (Å²) in [6.45, 7) is 25.2. The first-order valence-corrected chi connectivity index (χ1v) is 14.2. The number of aliphatic hydroxyl groups is 2. The van der Waals surface area contributed by atoms with Crippen molar-refractivity contribution in [2.45, 2.75) is 153 Å². The fourth-order valence-electron chi connectivity index (χ4n) is 6.04. The topological polar surface area (TPSA) is 40.5 Å². The molecule has 33 heavy (non-hydrogen) atoms. The van der Waals surface area contributed by atoms with Crippen LogP contribution in [0.2, 0.25) is 0 Å². The van der Waals surface area contributed by atoms with E-state index in [0.717, 1.165) is 24.7 Å². The molecule has 2 rings (SSSR count). The maximum atomic E-state index is 10.3. The van der Waals surface area contributed by atoms with Gasteiger partial charge in [0.05, 0.1) is 12.2 Å². The minimum Gasteiger partial charge on any atom is -0.393 e. The van der Waals surface area contributed by atoms with Gasteiger partial charge in [-0.2, -0.15) is 0 Å². The Balaban J connectivity index is 0.000000331. The summed E-state index contributed by atoms with van der Waals surface area (Å²) in [6, 6.07) is 0. The highest BCUT2D eigenvalue weighted by atomic mass is 16.3. The summed E-state index contributed by atoms with van der Waals surface area (Å²) in [6.07, 6.45) is 12.2. The summed E-state index contributed by atoms with van der Waals surface area (Å²) in [5.41, 5.74) is 1.16. The molecule has 2 N–H and O–H groups in total. The van der Waals surface area contributed by atoms with Crippen LogP contribution in [0.3, 0.4) is 0 Å². The zero-order chi connectivity index (χ0) is 25.6. The van der Waals surface area contributed by atoms with Gasteiger partial charge < -0.3 is 10.2 Å². The molecule has 0 heterocycles. The zero-order valence-electron chi connectivity index (χ0n) is 24.5. The normalized spacial score (nSPS) is 31.8. The van der Waals surface area contributed by atoms with Crippen LogP contribution in [0.5, 0.6) is 0 Å². The quantitative estimate of drug-likeness (QED) is 0.424. The predicted octanol–water partition coefficient (Wildman–Crippen LogP) is 8.88. The van der Waals surface area contributed by atoms with Gasteiger partial charge in [-0.1, -0.05) is 76.2 Å². The maximum Gasteiger partial charge on any atom is 0.0576 e. The van der Waals surface area contributed by atoms with Crippen molar-refractivity contribution in [1.29, 1.82) is 0 Å². The molecule has 6 atom stereocenters. The number of hydrogen-bond acceptors (Lipinski definition) is 2. The molecule has 6 unspecified atom stereocenters. The molecule has 2 fully saturated rings. The summed E-state index contributed by atoms with van der Waals surface area (Å²) in [5, 5.41) is 20.3. The highest BCUT2D eigenvalue weighted by molar-refractivity contribution is 4.87. The lowest BCUT2D eigenvalue weighted by Crippen LogP contribution is -2.37. The van der Waals surface area contributed by atoms with Gasteiger partial charge in [0.1, 0.15) is 0 Å². The van der Waals surface area contributed by atoms with Crippen molar-refractivity contribution >= 4 is 0 Å². The Labute approximate surface area is 208 Å². The van der Waals surface area contributed by atoms with E-state index < -0.39 is 0 Å². The minimum atomic E-state index is -0.0753. The van der Waals surface area contributed by atoms with E-state index in [0.29, 0.717) is 28.6 Å². The standard InChI is InChI=1S/C16H32O.C15H30O/c1-15(2,3)10-9-12-7-8-13(14(17)11-12)16(4,5)6;1-11(2)13-10-12(6-7-14(13)16)8-9-15(3,4)5/h12-14,17H,7-11H2,1-6H3;11-14,16H,6-10H2,1-5H3. The minimum absolute atomic E-state index is 0.0362. The lowest BCUT2D eigenvalue weighted by Gasteiger charge is -2.41. The van der Waals surface area contributed by atoms with E-state index in [2.05, 4.69) is 76.2 Å². The average Bonchev–Trinajstić information content (AvgIpc) is 2.64. The van der Waals surface area contributed by atoms with E-state index in [1.165, 1.54) is 51.4 Å². The van der Waals surface area contributed by atoms with Crippen LogP contribution >= 0.6 is 0 Å². The molecule has 2 aliphatic carbocycles. The van der Waals surface area contributed by atoms with Crippen molar-refractivity contribution in [2.75, 3.05) is 0 Å². The van der Waals surface area contributed by atoms with Crippen LogP contribution in [0.25, 0.3) is 0 Å². The van der Waals surface area contributed by atoms with Crippen LogP contribution in [-0.2, 0) is 0 Å². The molecular weight excluding hydrogens is 404 g/mol. The summed E-state index contributed by atoms with van der Waals surface area (Å²) < 4.78 is 0. The first kappa shape index (κ1) is 31.0. The fraction of sp³-hybridized carbons (Fsp3) is 1.00. The highest BCUT2D eigenvalue weighted by Gasteiger charge is 2.36. The molecule has 198 valence electrons. The van der Waals surface area contributed by atoms with E-state index in [1.54, 1.807) is 0 Å². The second kappa shape index (κ2) is 12.8. The molecule has 2 nitrogen and oxygen atoms in total. The number of rotatable bonds is 5. The van der Waals surface area contributed by atoms with Crippen molar-refractivity contribution in [2.24, 2.45) is 45.8 Å². The molecular formula is C31H62O2. The number of aliphatic hydroxyl groups excluding tert-OH is 2. The van der Waals surface area contributed by atoms with Gasteiger partial charge in [-0.15, -0.1) is 0 Å². The SMILES string of the molecule is CC(C)(C)CCC1CCC(C(C)(C)C)C(O)C1.CC(C)C1CC(CCC(C)(C)C)CCC1O. The van der Waals surface area contributed by atoms with Crippen LogP contribution < -0.4 is 0 Å². The van der Waals surface area contributed by atoms with Gasteiger partial charge in [-0.3, -0.25) is 0 Å². The Hall–Kier alpha value is -0.0800. The Kier molecular flexibility index (Phi) is 12.0. The third-order valence-electron chi connectivity index (χ3n) is 8.47. The molecule has 0 aromatic rings. The van der Waals surface area contributed by atoms with Gasteiger partial charge in [0, 0.05) is 0 Å². The largest absolute Gasteiger partial charge is 0.393 e. The first-order chi connectivity index (χ1) is 14.9. The Bertz CT molecular complexity index is 531. The van der Waals surface area contributed by atoms with E-state index in [-0.39, 0.29) is 17.6 Å². The maximum absolute atomic E-state index is 10.3. The summed E-state index contributed by atoms with van der Waals surface area (Å²) in [4.78, 5) is 0. The Morgan fingerprint density at radius 3 is 1.48 bits per heavy atom. The average molecular weight is 467 g/mol. The van der Waals surface area contributed by atoms with Crippen LogP contribution in [0.15, 0.2) is 0 Å². The van der Waals surface area contributed by atoms with Crippen LogP contribution in [0, 0.1) is 45.8 Å². The highest BCUT2D eigenvalue weighted by Crippen LogP contribution is 2.42. The van der Waals surface area contributed by atoms with E-state index in [9.17, 15) is 10.2 Å². The third kappa shape index (κ3) is 12.4. The van der Waals surface area contributed by atoms with E-state index in [1.807, 2.05) is 0 Å². The van der Waals surface area contributed by atoms with Crippen molar-refractivity contribution in [3.8, 4) is 0 Å². The molecule has 2 saturated carbocycles. The number of hydrogen-bond donors (Lipinski definition) is 2. The predicted molar refractivity (Wildman–Crippen MR) is 145 cm³/mol. The summed E-state index contributed by atoms with van der Waals surface area (Å²) in [7, 11) is 0. The van der Waals surface area contributed by atoms with Crippen molar-refractivity contribution < 1.29 is 10.2 Å². The molecule has 0 aromatic carbocycles. The monoisotopic (exact) mass is 466 g/mol. The molecule has 0 saturated heterocycles. The van der Waals surface area contributed by atoms with Crippen molar-refractivity contribution in [3.05, 3.63) is 0 Å². The zero-order valence-corrected chi connectivity index (χ0v) is 24.5. The molecule has 2 aliphatic rings. The van der Waals surface area contributed by atoms with E-state index >= 15 is 0 Å². The molecule has 0 spiro atoms. The van der Waals surface area contributed by atoms with Gasteiger partial charge in [0.2, 0.25) is 0 Å². The molecule has 0 radical (unpaired) electrons. The van der Waals surface area contributed by atoms with Crippen LogP contribution in [0.1, 0.15) is 140 Å². The summed E-state index contributed by atoms with van der Waals surface area (Å²) >= 11 is 0. The third-order valence-corrected chi connectivity index (χ3v) is 8.47. The van der Waals surface area contributed by atoms with Crippen LogP contribution in [-0.4, -0.2) is 22.4 Å². The second-order valence-corrected chi connectivity index (χ2v) is 15.6. The van der Waals surface area contributed by atoms with Gasteiger partial charge in [-0.25, -0.2) is 0 Å². The lowest BCUT2D eigenvalue weighted by atomic mass is 9.67. The van der Waals surface area contributed by atoms with E-state index in [4.69, 9.17) is 0 Å². The molecule has 0 aromatic heterocycles. The summed E-state index contributed by atoms with van der Waals surface area (Å²) in [5.74, 6) is 3.28. The second-order valence-electron chi connectivity index (χ2n) is 15.6. The van der Waals surface area contributed by atoms with Crippen molar-refractivity contribution in [1.82, 2.24) is 0 Å². The van der Waals surface area contributed by atoms with Crippen molar-refractivity contribution in [3.63, 3.8) is 0 Å². The molecule has 0 amide bonds. The fourth-order valence-corrected chi connectivity index (χ4v) is 6.04.